The monoisotopic (exact) mass is 518 g/mol. The molecular weight excluding hydrogens is 492 g/mol. The smallest absolute Gasteiger partial charge is 0.259 e. The summed E-state index contributed by atoms with van der Waals surface area (Å²) in [6.45, 7) is 3.12. The molecule has 1 amide bonds. The van der Waals surface area contributed by atoms with Gasteiger partial charge in [0, 0.05) is 49.9 Å². The summed E-state index contributed by atoms with van der Waals surface area (Å²) in [5.74, 6) is 0.827. The van der Waals surface area contributed by atoms with E-state index in [-0.39, 0.29) is 16.4 Å². The molecule has 0 spiro atoms. The molecule has 1 aliphatic rings. The first-order chi connectivity index (χ1) is 17.7. The summed E-state index contributed by atoms with van der Waals surface area (Å²) in [6, 6.07) is 12.8. The van der Waals surface area contributed by atoms with Gasteiger partial charge in [0.1, 0.15) is 10.7 Å². The molecule has 4 heterocycles. The molecule has 11 heteroatoms. The van der Waals surface area contributed by atoms with Gasteiger partial charge in [0.2, 0.25) is 15.9 Å². The van der Waals surface area contributed by atoms with Gasteiger partial charge in [0.15, 0.2) is 0 Å². The van der Waals surface area contributed by atoms with Gasteiger partial charge in [-0.2, -0.15) is 0 Å². The maximum Gasteiger partial charge on any atom is 0.259 e. The summed E-state index contributed by atoms with van der Waals surface area (Å²) in [5, 5.41) is 9.52. The molecule has 0 bridgehead atoms. The first-order valence-electron chi connectivity index (χ1n) is 11.8. The number of anilines is 2. The highest BCUT2D eigenvalue weighted by molar-refractivity contribution is 7.89. The molecule has 0 atom stereocenters. The summed E-state index contributed by atoms with van der Waals surface area (Å²) in [6.07, 6.45) is 6.05. The number of piperidine rings is 1. The van der Waals surface area contributed by atoms with E-state index >= 15 is 0 Å². The third-order valence-electron chi connectivity index (χ3n) is 6.68. The number of hydrogen-bond acceptors (Lipinski definition) is 7. The van der Waals surface area contributed by atoms with Crippen LogP contribution < -0.4 is 16.0 Å². The fraction of sp³-hybridized carbons (Fsp3) is 0.231. The fourth-order valence-electron chi connectivity index (χ4n) is 4.67. The largest absolute Gasteiger partial charge is 0.343 e. The second-order valence-corrected chi connectivity index (χ2v) is 10.7. The lowest BCUT2D eigenvalue weighted by molar-refractivity contribution is -0.129. The van der Waals surface area contributed by atoms with Crippen LogP contribution in [0, 0.1) is 0 Å². The van der Waals surface area contributed by atoms with E-state index < -0.39 is 10.0 Å². The van der Waals surface area contributed by atoms with Crippen LogP contribution in [0.5, 0.6) is 0 Å². The highest BCUT2D eigenvalue weighted by atomic mass is 32.2. The van der Waals surface area contributed by atoms with Crippen molar-refractivity contribution in [2.75, 3.05) is 18.4 Å². The van der Waals surface area contributed by atoms with Crippen LogP contribution in [0.1, 0.15) is 31.2 Å². The fourth-order valence-corrected chi connectivity index (χ4v) is 5.17. The average Bonchev–Trinajstić information content (AvgIpc) is 2.89. The number of primary sulfonamides is 1. The number of benzene rings is 1. The molecule has 1 saturated heterocycles. The van der Waals surface area contributed by atoms with Crippen molar-refractivity contribution in [2.24, 2.45) is 5.14 Å². The van der Waals surface area contributed by atoms with E-state index in [0.717, 1.165) is 31.6 Å². The molecular formula is C26H26N6O4S. The molecule has 1 fully saturated rings. The molecule has 37 heavy (non-hydrogen) atoms. The molecule has 1 aromatic carbocycles. The zero-order chi connectivity index (χ0) is 26.2. The summed E-state index contributed by atoms with van der Waals surface area (Å²) < 4.78 is 23.6. The Balaban J connectivity index is 1.47. The average molecular weight is 519 g/mol. The molecule has 0 aliphatic carbocycles. The minimum Gasteiger partial charge on any atom is -0.343 e. The van der Waals surface area contributed by atoms with Gasteiger partial charge in [-0.3, -0.25) is 14.6 Å². The van der Waals surface area contributed by atoms with Gasteiger partial charge >= 0.3 is 0 Å². The van der Waals surface area contributed by atoms with E-state index in [4.69, 9.17) is 5.14 Å². The molecule has 1 aliphatic heterocycles. The zero-order valence-corrected chi connectivity index (χ0v) is 21.0. The van der Waals surface area contributed by atoms with Crippen molar-refractivity contribution in [1.82, 2.24) is 19.9 Å². The Bertz CT molecular complexity index is 1640. The Kier molecular flexibility index (Phi) is 6.48. The minimum absolute atomic E-state index is 0.113. The van der Waals surface area contributed by atoms with E-state index in [9.17, 15) is 18.0 Å². The van der Waals surface area contributed by atoms with Crippen LogP contribution in [0.2, 0.25) is 0 Å². The molecule has 0 radical (unpaired) electrons. The molecule has 0 saturated carbocycles. The number of H-pyrrole nitrogens is 1. The highest BCUT2D eigenvalue weighted by Gasteiger charge is 2.22. The lowest BCUT2D eigenvalue weighted by atomic mass is 9.89. The van der Waals surface area contributed by atoms with Gasteiger partial charge in [-0.15, -0.1) is 0 Å². The van der Waals surface area contributed by atoms with Gasteiger partial charge in [0.05, 0.1) is 11.1 Å². The van der Waals surface area contributed by atoms with Gasteiger partial charge in [0.25, 0.3) is 5.56 Å². The van der Waals surface area contributed by atoms with Crippen LogP contribution in [0.25, 0.3) is 22.0 Å². The quantitative estimate of drug-likeness (QED) is 0.367. The van der Waals surface area contributed by atoms with Crippen LogP contribution >= 0.6 is 0 Å². The summed E-state index contributed by atoms with van der Waals surface area (Å²) in [4.78, 5) is 37.4. The second kappa shape index (κ2) is 9.75. The third kappa shape index (κ3) is 5.23. The van der Waals surface area contributed by atoms with Crippen molar-refractivity contribution >= 4 is 38.2 Å². The van der Waals surface area contributed by atoms with E-state index in [1.165, 1.54) is 24.0 Å². The predicted octanol–water partition coefficient (Wildman–Crippen LogP) is 3.10. The number of sulfonamides is 1. The molecule has 5 rings (SSSR count). The summed E-state index contributed by atoms with van der Waals surface area (Å²) in [7, 11) is -3.94. The topological polar surface area (TPSA) is 151 Å². The van der Waals surface area contributed by atoms with E-state index in [2.05, 4.69) is 20.3 Å². The first kappa shape index (κ1) is 24.6. The van der Waals surface area contributed by atoms with Gasteiger partial charge in [-0.05, 0) is 60.0 Å². The van der Waals surface area contributed by atoms with Crippen LogP contribution in [-0.4, -0.2) is 47.3 Å². The number of carbonyl (C=O) groups is 1. The van der Waals surface area contributed by atoms with Crippen LogP contribution in [0.3, 0.4) is 0 Å². The number of pyridine rings is 3. The van der Waals surface area contributed by atoms with Crippen molar-refractivity contribution in [2.45, 2.75) is 30.6 Å². The number of aromatic amines is 1. The normalized spacial score (nSPS) is 14.6. The number of aromatic nitrogens is 3. The number of nitrogens with one attached hydrogen (secondary N) is 2. The number of hydrogen-bond donors (Lipinski definition) is 3. The van der Waals surface area contributed by atoms with Crippen molar-refractivity contribution in [3.05, 3.63) is 77.0 Å². The second-order valence-electron chi connectivity index (χ2n) is 9.11. The molecule has 190 valence electrons. The molecule has 0 unspecified atom stereocenters. The van der Waals surface area contributed by atoms with E-state index in [1.54, 1.807) is 25.3 Å². The lowest BCUT2D eigenvalue weighted by Crippen LogP contribution is -2.36. The number of fused-ring (bicyclic) bond motifs is 1. The van der Waals surface area contributed by atoms with Crippen LogP contribution in [-0.2, 0) is 14.8 Å². The molecule has 4 aromatic rings. The number of likely N-dealkylation sites (tertiary alicyclic amines) is 1. The maximum atomic E-state index is 12.7. The van der Waals surface area contributed by atoms with Crippen molar-refractivity contribution in [3.63, 3.8) is 0 Å². The Labute approximate surface area is 213 Å². The van der Waals surface area contributed by atoms with Gasteiger partial charge in [-0.1, -0.05) is 12.1 Å². The Morgan fingerprint density at radius 1 is 1.11 bits per heavy atom. The summed E-state index contributed by atoms with van der Waals surface area (Å²) >= 11 is 0. The number of nitrogens with two attached hydrogens (primary N) is 1. The zero-order valence-electron chi connectivity index (χ0n) is 20.1. The molecule has 3 aromatic heterocycles. The number of carbonyl (C=O) groups excluding carboxylic acids is 1. The molecule has 4 N–H and O–H groups in total. The van der Waals surface area contributed by atoms with Crippen LogP contribution in [0.15, 0.2) is 70.7 Å². The first-order valence-corrected chi connectivity index (χ1v) is 13.4. The van der Waals surface area contributed by atoms with Crippen molar-refractivity contribution in [3.8, 4) is 11.3 Å². The number of amides is 1. The van der Waals surface area contributed by atoms with E-state index in [0.29, 0.717) is 33.8 Å². The van der Waals surface area contributed by atoms with Gasteiger partial charge < -0.3 is 15.2 Å². The Morgan fingerprint density at radius 3 is 2.51 bits per heavy atom. The maximum absolute atomic E-state index is 12.7. The SMILES string of the molecule is CC(=O)N1CCC(c2ccc(Nc3nc(-c4cncc(S(N)(=O)=O)c4)cc4cc[nH]c(=O)c34)cc2)CC1. The standard InChI is InChI=1S/C26H26N6O4S/c1-16(33)32-10-7-18(8-11-32)17-2-4-21(5-3-17)30-25-24-19(6-9-29-26(24)34)13-23(31-25)20-12-22(15-28-14-20)37(27,35)36/h2-6,9,12-15,18H,7-8,10-11H2,1H3,(H,29,34)(H,30,31)(H2,27,35,36). The summed E-state index contributed by atoms with van der Waals surface area (Å²) in [5.41, 5.74) is 2.53. The van der Waals surface area contributed by atoms with E-state index in [1.807, 2.05) is 29.2 Å². The lowest BCUT2D eigenvalue weighted by Gasteiger charge is -2.31. The third-order valence-corrected chi connectivity index (χ3v) is 7.56. The number of nitrogens with zero attached hydrogens (tertiary/aromatic N) is 3. The number of rotatable bonds is 5. The Hall–Kier alpha value is -4.09. The van der Waals surface area contributed by atoms with Crippen LogP contribution in [0.4, 0.5) is 11.5 Å². The Morgan fingerprint density at radius 2 is 1.84 bits per heavy atom. The van der Waals surface area contributed by atoms with Crippen molar-refractivity contribution in [1.29, 1.82) is 0 Å². The highest BCUT2D eigenvalue weighted by Crippen LogP contribution is 2.31. The van der Waals surface area contributed by atoms with Crippen molar-refractivity contribution < 1.29 is 13.2 Å². The molecule has 10 nitrogen and oxygen atoms in total. The minimum atomic E-state index is -3.94. The predicted molar refractivity (Wildman–Crippen MR) is 141 cm³/mol. The van der Waals surface area contributed by atoms with Gasteiger partial charge in [-0.25, -0.2) is 18.5 Å².